The van der Waals surface area contributed by atoms with Crippen LogP contribution in [0.2, 0.25) is 0 Å². The first-order valence-corrected chi connectivity index (χ1v) is 5.56. The molecule has 0 aliphatic carbocycles. The number of ether oxygens (including phenoxy) is 1. The van der Waals surface area contributed by atoms with Crippen molar-refractivity contribution in [2.24, 2.45) is 5.73 Å². The summed E-state index contributed by atoms with van der Waals surface area (Å²) in [5.74, 6) is -1.31. The summed E-state index contributed by atoms with van der Waals surface area (Å²) in [7, 11) is 0. The topological polar surface area (TPSA) is 72.6 Å². The van der Waals surface area contributed by atoms with E-state index in [4.69, 9.17) is 15.6 Å². The Labute approximate surface area is 108 Å². The van der Waals surface area contributed by atoms with Crippen LogP contribution < -0.4 is 10.5 Å². The summed E-state index contributed by atoms with van der Waals surface area (Å²) in [6.45, 7) is 1.06. The number of benzene rings is 1. The normalized spacial score (nSPS) is 13.1. The van der Waals surface area contributed by atoms with Crippen molar-refractivity contribution in [3.63, 3.8) is 0 Å². The third-order valence-electron chi connectivity index (χ3n) is 2.49. The lowest BCUT2D eigenvalue weighted by atomic mass is 10.1. The quantitative estimate of drug-likeness (QED) is 0.862. The molecule has 0 fully saturated rings. The molecule has 0 aliphatic heterocycles. The molecule has 0 aliphatic rings. The van der Waals surface area contributed by atoms with Gasteiger partial charge < -0.3 is 15.6 Å². The molecule has 1 atom stereocenters. The number of carbonyl (C=O) groups excluding carboxylic acids is 1. The van der Waals surface area contributed by atoms with Crippen LogP contribution in [0.15, 0.2) is 18.2 Å². The van der Waals surface area contributed by atoms with E-state index in [9.17, 15) is 18.0 Å². The van der Waals surface area contributed by atoms with Gasteiger partial charge in [0.1, 0.15) is 5.75 Å². The molecule has 1 amide bonds. The van der Waals surface area contributed by atoms with Gasteiger partial charge in [-0.05, 0) is 24.1 Å². The molecule has 0 aromatic heterocycles. The molecule has 106 valence electrons. The number of halogens is 3. The fourth-order valence-electron chi connectivity index (χ4n) is 1.50. The van der Waals surface area contributed by atoms with Crippen LogP contribution >= 0.6 is 0 Å². The van der Waals surface area contributed by atoms with E-state index >= 15 is 0 Å². The van der Waals surface area contributed by atoms with Crippen LogP contribution in [0.25, 0.3) is 0 Å². The lowest BCUT2D eigenvalue weighted by molar-refractivity contribution is -0.140. The molecule has 1 rings (SSSR count). The highest BCUT2D eigenvalue weighted by Gasteiger charge is 2.35. The van der Waals surface area contributed by atoms with E-state index in [0.29, 0.717) is 0 Å². The number of amides is 1. The first-order chi connectivity index (χ1) is 8.79. The van der Waals surface area contributed by atoms with Crippen molar-refractivity contribution in [2.75, 3.05) is 0 Å². The van der Waals surface area contributed by atoms with Crippen LogP contribution in [-0.2, 0) is 17.6 Å². The van der Waals surface area contributed by atoms with Crippen LogP contribution in [-0.4, -0.2) is 17.1 Å². The summed E-state index contributed by atoms with van der Waals surface area (Å²) >= 11 is 0. The van der Waals surface area contributed by atoms with E-state index in [1.165, 1.54) is 6.07 Å². The zero-order valence-electron chi connectivity index (χ0n) is 10.2. The lowest BCUT2D eigenvalue weighted by Gasteiger charge is -2.19. The summed E-state index contributed by atoms with van der Waals surface area (Å²) in [6, 6.07) is 3.14. The predicted octanol–water partition coefficient (Wildman–Crippen LogP) is 1.84. The minimum atomic E-state index is -4.64. The Morgan fingerprint density at radius 3 is 2.53 bits per heavy atom. The van der Waals surface area contributed by atoms with E-state index in [2.05, 4.69) is 0 Å². The molecule has 3 N–H and O–H groups in total. The SMILES string of the molecule is CCC(Oc1ccc(CO)cc1C(F)(F)F)C(N)=O. The van der Waals surface area contributed by atoms with E-state index in [-0.39, 0.29) is 12.0 Å². The minimum Gasteiger partial charge on any atom is -0.480 e. The van der Waals surface area contributed by atoms with Gasteiger partial charge in [-0.1, -0.05) is 13.0 Å². The Bertz CT molecular complexity index is 460. The second-order valence-corrected chi connectivity index (χ2v) is 3.90. The van der Waals surface area contributed by atoms with Gasteiger partial charge in [0, 0.05) is 0 Å². The second kappa shape index (κ2) is 5.92. The predicted molar refractivity (Wildman–Crippen MR) is 61.3 cm³/mol. The standard InChI is InChI=1S/C12H14F3NO3/c1-2-9(11(16)18)19-10-4-3-7(6-17)5-8(10)12(13,14)15/h3-5,9,17H,2,6H2,1H3,(H2,16,18). The number of rotatable bonds is 5. The molecular weight excluding hydrogens is 263 g/mol. The Morgan fingerprint density at radius 2 is 2.11 bits per heavy atom. The van der Waals surface area contributed by atoms with Gasteiger partial charge in [0.2, 0.25) is 0 Å². The summed E-state index contributed by atoms with van der Waals surface area (Å²) in [4.78, 5) is 11.0. The molecule has 0 spiro atoms. The summed E-state index contributed by atoms with van der Waals surface area (Å²) in [5.41, 5.74) is 4.09. The Hall–Kier alpha value is -1.76. The van der Waals surface area contributed by atoms with Crippen molar-refractivity contribution in [1.82, 2.24) is 0 Å². The molecule has 7 heteroatoms. The van der Waals surface area contributed by atoms with Gasteiger partial charge in [-0.3, -0.25) is 4.79 Å². The second-order valence-electron chi connectivity index (χ2n) is 3.90. The molecule has 0 radical (unpaired) electrons. The average molecular weight is 277 g/mol. The van der Waals surface area contributed by atoms with E-state index in [1.807, 2.05) is 0 Å². The van der Waals surface area contributed by atoms with Crippen LogP contribution in [0, 0.1) is 0 Å². The van der Waals surface area contributed by atoms with Crippen LogP contribution in [0.5, 0.6) is 5.75 Å². The zero-order valence-corrected chi connectivity index (χ0v) is 10.2. The van der Waals surface area contributed by atoms with Crippen LogP contribution in [0.1, 0.15) is 24.5 Å². The smallest absolute Gasteiger partial charge is 0.419 e. The molecule has 0 bridgehead atoms. The number of hydrogen-bond acceptors (Lipinski definition) is 3. The average Bonchev–Trinajstić information content (AvgIpc) is 2.34. The fraction of sp³-hybridized carbons (Fsp3) is 0.417. The molecule has 0 heterocycles. The molecule has 1 aromatic carbocycles. The van der Waals surface area contributed by atoms with Crippen LogP contribution in [0.4, 0.5) is 13.2 Å². The third kappa shape index (κ3) is 3.85. The zero-order chi connectivity index (χ0) is 14.6. The molecule has 1 aromatic rings. The van der Waals surface area contributed by atoms with E-state index < -0.39 is 36.1 Å². The number of nitrogens with two attached hydrogens (primary N) is 1. The maximum Gasteiger partial charge on any atom is 0.419 e. The number of hydrogen-bond donors (Lipinski definition) is 2. The number of aliphatic hydroxyl groups is 1. The van der Waals surface area contributed by atoms with Gasteiger partial charge in [0.25, 0.3) is 5.91 Å². The highest BCUT2D eigenvalue weighted by Crippen LogP contribution is 2.37. The number of primary amides is 1. The van der Waals surface area contributed by atoms with Crippen LogP contribution in [0.3, 0.4) is 0 Å². The fourth-order valence-corrected chi connectivity index (χ4v) is 1.50. The number of aliphatic hydroxyl groups excluding tert-OH is 1. The first-order valence-electron chi connectivity index (χ1n) is 5.56. The highest BCUT2D eigenvalue weighted by atomic mass is 19.4. The maximum atomic E-state index is 12.8. The Balaban J connectivity index is 3.16. The van der Waals surface area contributed by atoms with Gasteiger partial charge in [-0.15, -0.1) is 0 Å². The summed E-state index contributed by atoms with van der Waals surface area (Å²) < 4.78 is 43.5. The Morgan fingerprint density at radius 1 is 1.47 bits per heavy atom. The van der Waals surface area contributed by atoms with Gasteiger partial charge >= 0.3 is 6.18 Å². The molecule has 4 nitrogen and oxygen atoms in total. The number of alkyl halides is 3. The summed E-state index contributed by atoms with van der Waals surface area (Å²) in [5, 5.41) is 8.85. The van der Waals surface area contributed by atoms with Crippen molar-refractivity contribution >= 4 is 5.91 Å². The first kappa shape index (κ1) is 15.3. The summed E-state index contributed by atoms with van der Waals surface area (Å²) in [6.07, 6.45) is -5.61. The van der Waals surface area contributed by atoms with E-state index in [0.717, 1.165) is 12.1 Å². The lowest BCUT2D eigenvalue weighted by Crippen LogP contribution is -2.33. The van der Waals surface area contributed by atoms with Gasteiger partial charge in [-0.2, -0.15) is 13.2 Å². The van der Waals surface area contributed by atoms with Crippen molar-refractivity contribution in [1.29, 1.82) is 0 Å². The Kier molecular flexibility index (Phi) is 4.77. The molecule has 0 saturated heterocycles. The van der Waals surface area contributed by atoms with Crippen molar-refractivity contribution < 1.29 is 27.8 Å². The van der Waals surface area contributed by atoms with Crippen molar-refractivity contribution in [2.45, 2.75) is 32.2 Å². The molecule has 0 saturated carbocycles. The largest absolute Gasteiger partial charge is 0.480 e. The molecular formula is C12H14F3NO3. The van der Waals surface area contributed by atoms with Gasteiger partial charge in [0.05, 0.1) is 12.2 Å². The maximum absolute atomic E-state index is 12.8. The number of carbonyl (C=O) groups is 1. The van der Waals surface area contributed by atoms with Gasteiger partial charge in [0.15, 0.2) is 6.10 Å². The van der Waals surface area contributed by atoms with E-state index in [1.54, 1.807) is 6.92 Å². The third-order valence-corrected chi connectivity index (χ3v) is 2.49. The highest BCUT2D eigenvalue weighted by molar-refractivity contribution is 5.79. The molecule has 19 heavy (non-hydrogen) atoms. The van der Waals surface area contributed by atoms with Crippen molar-refractivity contribution in [3.8, 4) is 5.75 Å². The monoisotopic (exact) mass is 277 g/mol. The van der Waals surface area contributed by atoms with Gasteiger partial charge in [-0.25, -0.2) is 0 Å². The molecule has 1 unspecified atom stereocenters. The van der Waals surface area contributed by atoms with Crippen molar-refractivity contribution in [3.05, 3.63) is 29.3 Å². The minimum absolute atomic E-state index is 0.104.